The minimum Gasteiger partial charge on any atom is -0.366 e. The fraction of sp³-hybridized carbons (Fsp3) is 0.462. The summed E-state index contributed by atoms with van der Waals surface area (Å²) in [6, 6.07) is 5.94. The molecule has 2 atom stereocenters. The second-order valence-electron chi connectivity index (χ2n) is 5.01. The molecule has 1 fully saturated rings. The topological polar surface area (TPSA) is 65.2 Å². The maximum absolute atomic E-state index is 12.2. The Morgan fingerprint density at radius 3 is 2.89 bits per heavy atom. The smallest absolute Gasteiger partial charge is 0.251 e. The number of hydrogen-bond acceptors (Lipinski definition) is 4. The zero-order valence-corrected chi connectivity index (χ0v) is 10.4. The third-order valence-corrected chi connectivity index (χ3v) is 3.67. The van der Waals surface area contributed by atoms with Gasteiger partial charge in [-0.3, -0.25) is 4.79 Å². The number of amides is 1. The quantitative estimate of drug-likeness (QED) is 0.624. The maximum atomic E-state index is 12.2. The van der Waals surface area contributed by atoms with Crippen molar-refractivity contribution in [1.29, 1.82) is 0 Å². The van der Waals surface area contributed by atoms with Crippen molar-refractivity contribution in [2.45, 2.75) is 13.0 Å². The molecule has 1 saturated heterocycles. The molecule has 2 unspecified atom stereocenters. The first kappa shape index (κ1) is 11.3. The predicted molar refractivity (Wildman–Crippen MR) is 71.8 cm³/mol. The molecule has 0 saturated carbocycles. The van der Waals surface area contributed by atoms with E-state index < -0.39 is 0 Å². The highest BCUT2D eigenvalue weighted by Crippen LogP contribution is 2.26. The zero-order chi connectivity index (χ0) is 12.5. The van der Waals surface area contributed by atoms with E-state index in [4.69, 9.17) is 0 Å². The fourth-order valence-corrected chi connectivity index (χ4v) is 2.48. The molecule has 5 heteroatoms. The molecular weight excluding hydrogens is 228 g/mol. The van der Waals surface area contributed by atoms with E-state index in [2.05, 4.69) is 28.2 Å². The normalized spacial score (nSPS) is 25.2. The number of fused-ring (bicyclic) bond motifs is 1. The van der Waals surface area contributed by atoms with Gasteiger partial charge in [0.2, 0.25) is 0 Å². The Balaban J connectivity index is 1.72. The molecule has 96 valence electrons. The van der Waals surface area contributed by atoms with Crippen LogP contribution in [0.3, 0.4) is 0 Å². The maximum Gasteiger partial charge on any atom is 0.251 e. The van der Waals surface area contributed by atoms with Gasteiger partial charge in [0.15, 0.2) is 0 Å². The Morgan fingerprint density at radius 2 is 2.11 bits per heavy atom. The molecule has 18 heavy (non-hydrogen) atoms. The summed E-state index contributed by atoms with van der Waals surface area (Å²) in [5, 5.41) is 12.8. The summed E-state index contributed by atoms with van der Waals surface area (Å²) >= 11 is 0. The van der Waals surface area contributed by atoms with Crippen molar-refractivity contribution in [2.75, 3.05) is 30.4 Å². The Hall–Kier alpha value is -1.75. The zero-order valence-electron chi connectivity index (χ0n) is 10.4. The van der Waals surface area contributed by atoms with Crippen LogP contribution in [-0.4, -0.2) is 31.7 Å². The molecule has 5 nitrogen and oxygen atoms in total. The van der Waals surface area contributed by atoms with Crippen LogP contribution < -0.4 is 21.3 Å². The molecule has 0 aliphatic carbocycles. The van der Waals surface area contributed by atoms with Crippen molar-refractivity contribution in [3.63, 3.8) is 0 Å². The lowest BCUT2D eigenvalue weighted by atomic mass is 10.1. The summed E-state index contributed by atoms with van der Waals surface area (Å²) in [7, 11) is 0. The van der Waals surface area contributed by atoms with Crippen molar-refractivity contribution in [3.8, 4) is 0 Å². The van der Waals surface area contributed by atoms with E-state index in [1.165, 1.54) is 0 Å². The van der Waals surface area contributed by atoms with E-state index in [0.717, 1.165) is 31.1 Å². The van der Waals surface area contributed by atoms with Gasteiger partial charge in [0, 0.05) is 18.2 Å². The van der Waals surface area contributed by atoms with Gasteiger partial charge >= 0.3 is 0 Å². The lowest BCUT2D eigenvalue weighted by Crippen LogP contribution is -2.39. The Kier molecular flexibility index (Phi) is 2.83. The molecule has 0 aromatic heterocycles. The lowest BCUT2D eigenvalue weighted by molar-refractivity contribution is 0.0933. The summed E-state index contributed by atoms with van der Waals surface area (Å²) in [6.45, 7) is 4.71. The SMILES string of the molecule is CC1CNCC1NC(=O)c1ccc2c(c1)NCN2. The van der Waals surface area contributed by atoms with Crippen LogP contribution in [0.5, 0.6) is 0 Å². The van der Waals surface area contributed by atoms with Crippen molar-refractivity contribution in [2.24, 2.45) is 5.92 Å². The van der Waals surface area contributed by atoms with Crippen molar-refractivity contribution >= 4 is 17.3 Å². The van der Waals surface area contributed by atoms with Crippen LogP contribution in [0.25, 0.3) is 0 Å². The largest absolute Gasteiger partial charge is 0.366 e. The molecule has 4 N–H and O–H groups in total. The standard InChI is InChI=1S/C13H18N4O/c1-8-5-14-6-12(8)17-13(18)9-2-3-10-11(4-9)16-7-15-10/h2-4,8,12,14-16H,5-7H2,1H3,(H,17,18). The van der Waals surface area contributed by atoms with Crippen LogP contribution in [0, 0.1) is 5.92 Å². The third-order valence-electron chi connectivity index (χ3n) is 3.67. The lowest BCUT2D eigenvalue weighted by Gasteiger charge is -2.16. The van der Waals surface area contributed by atoms with Crippen LogP contribution in [0.4, 0.5) is 11.4 Å². The molecule has 1 aromatic rings. The van der Waals surface area contributed by atoms with Gasteiger partial charge in [-0.15, -0.1) is 0 Å². The van der Waals surface area contributed by atoms with Gasteiger partial charge in [-0.05, 0) is 30.7 Å². The Bertz CT molecular complexity index is 474. The Morgan fingerprint density at radius 1 is 1.28 bits per heavy atom. The van der Waals surface area contributed by atoms with Gasteiger partial charge in [0.25, 0.3) is 5.91 Å². The highest BCUT2D eigenvalue weighted by atomic mass is 16.1. The average molecular weight is 246 g/mol. The van der Waals surface area contributed by atoms with E-state index in [1.807, 2.05) is 18.2 Å². The molecule has 0 radical (unpaired) electrons. The minimum absolute atomic E-state index is 0.00653. The van der Waals surface area contributed by atoms with Crippen molar-refractivity contribution in [1.82, 2.24) is 10.6 Å². The highest BCUT2D eigenvalue weighted by molar-refractivity contribution is 5.97. The van der Waals surface area contributed by atoms with Crippen LogP contribution in [0.2, 0.25) is 0 Å². The number of rotatable bonds is 2. The molecule has 2 aliphatic heterocycles. The van der Waals surface area contributed by atoms with Crippen molar-refractivity contribution < 1.29 is 4.79 Å². The molecular formula is C13H18N4O. The van der Waals surface area contributed by atoms with E-state index in [9.17, 15) is 4.79 Å². The average Bonchev–Trinajstić information content (AvgIpc) is 2.98. The Labute approximate surface area is 106 Å². The molecule has 3 rings (SSSR count). The van der Waals surface area contributed by atoms with E-state index >= 15 is 0 Å². The fourth-order valence-electron chi connectivity index (χ4n) is 2.48. The van der Waals surface area contributed by atoms with Crippen LogP contribution in [-0.2, 0) is 0 Å². The molecule has 2 heterocycles. The van der Waals surface area contributed by atoms with Gasteiger partial charge in [0.05, 0.1) is 18.0 Å². The minimum atomic E-state index is 0.00653. The summed E-state index contributed by atoms with van der Waals surface area (Å²) in [5.41, 5.74) is 2.77. The third kappa shape index (κ3) is 2.01. The van der Waals surface area contributed by atoms with E-state index in [0.29, 0.717) is 11.5 Å². The number of nitrogens with one attached hydrogen (secondary N) is 4. The van der Waals surface area contributed by atoms with E-state index in [1.54, 1.807) is 0 Å². The number of hydrogen-bond donors (Lipinski definition) is 4. The summed E-state index contributed by atoms with van der Waals surface area (Å²) in [6.07, 6.45) is 0. The van der Waals surface area contributed by atoms with Gasteiger partial charge in [-0.25, -0.2) is 0 Å². The molecule has 0 bridgehead atoms. The van der Waals surface area contributed by atoms with Crippen LogP contribution >= 0.6 is 0 Å². The van der Waals surface area contributed by atoms with Crippen molar-refractivity contribution in [3.05, 3.63) is 23.8 Å². The summed E-state index contributed by atoms with van der Waals surface area (Å²) < 4.78 is 0. The summed E-state index contributed by atoms with van der Waals surface area (Å²) in [4.78, 5) is 12.2. The molecule has 1 aromatic carbocycles. The van der Waals surface area contributed by atoms with Crippen LogP contribution in [0.1, 0.15) is 17.3 Å². The first-order valence-corrected chi connectivity index (χ1v) is 6.37. The predicted octanol–water partition coefficient (Wildman–Crippen LogP) is 0.819. The van der Waals surface area contributed by atoms with Gasteiger partial charge < -0.3 is 21.3 Å². The number of anilines is 2. The van der Waals surface area contributed by atoms with Gasteiger partial charge in [-0.1, -0.05) is 6.92 Å². The monoisotopic (exact) mass is 246 g/mol. The first-order chi connectivity index (χ1) is 8.74. The molecule has 2 aliphatic rings. The number of carbonyl (C=O) groups excluding carboxylic acids is 1. The molecule has 1 amide bonds. The van der Waals surface area contributed by atoms with Crippen LogP contribution in [0.15, 0.2) is 18.2 Å². The second-order valence-corrected chi connectivity index (χ2v) is 5.01. The van der Waals surface area contributed by atoms with Gasteiger partial charge in [-0.2, -0.15) is 0 Å². The highest BCUT2D eigenvalue weighted by Gasteiger charge is 2.25. The van der Waals surface area contributed by atoms with E-state index in [-0.39, 0.29) is 11.9 Å². The second kappa shape index (κ2) is 4.49. The number of benzene rings is 1. The van der Waals surface area contributed by atoms with Gasteiger partial charge in [0.1, 0.15) is 0 Å². The molecule has 0 spiro atoms. The first-order valence-electron chi connectivity index (χ1n) is 6.37. The number of carbonyl (C=O) groups is 1. The summed E-state index contributed by atoms with van der Waals surface area (Å²) in [5.74, 6) is 0.496.